The standard InChI is InChI=1S/C8H18N4/c1-2-8(11,12)5-3-4-6(9)7(5)10/h5H,2-4,9-12H2,1H3. The molecule has 0 aromatic heterocycles. The molecule has 0 fully saturated rings. The Bertz CT molecular complexity index is 207. The maximum Gasteiger partial charge on any atom is 0.0719 e. The summed E-state index contributed by atoms with van der Waals surface area (Å²) in [6.07, 6.45) is 2.43. The van der Waals surface area contributed by atoms with Crippen LogP contribution in [0.4, 0.5) is 0 Å². The Balaban J connectivity index is 2.79. The maximum absolute atomic E-state index is 5.88. The zero-order valence-electron chi connectivity index (χ0n) is 7.51. The van der Waals surface area contributed by atoms with Crippen LogP contribution in [0.2, 0.25) is 0 Å². The highest BCUT2D eigenvalue weighted by Crippen LogP contribution is 2.31. The Labute approximate surface area is 73.0 Å². The maximum atomic E-state index is 5.88. The molecular formula is C8H18N4. The number of rotatable bonds is 2. The van der Waals surface area contributed by atoms with Crippen molar-refractivity contribution in [2.45, 2.75) is 31.8 Å². The molecule has 8 N–H and O–H groups in total. The molecule has 0 spiro atoms. The van der Waals surface area contributed by atoms with Crippen LogP contribution in [0.3, 0.4) is 0 Å². The summed E-state index contributed by atoms with van der Waals surface area (Å²) in [4.78, 5) is 0. The summed E-state index contributed by atoms with van der Waals surface area (Å²) < 4.78 is 0. The third-order valence-electron chi connectivity index (χ3n) is 2.71. The summed E-state index contributed by atoms with van der Waals surface area (Å²) in [5.41, 5.74) is 24.0. The van der Waals surface area contributed by atoms with Gasteiger partial charge in [-0.3, -0.25) is 0 Å². The minimum Gasteiger partial charge on any atom is -0.401 e. The van der Waals surface area contributed by atoms with Gasteiger partial charge in [-0.1, -0.05) is 6.92 Å². The number of nitrogens with two attached hydrogens (primary N) is 4. The molecule has 0 amide bonds. The van der Waals surface area contributed by atoms with Crippen LogP contribution in [0.1, 0.15) is 26.2 Å². The lowest BCUT2D eigenvalue weighted by atomic mass is 9.89. The molecule has 4 nitrogen and oxygen atoms in total. The number of hydrogen-bond donors (Lipinski definition) is 4. The van der Waals surface area contributed by atoms with E-state index in [0.717, 1.165) is 18.5 Å². The fourth-order valence-corrected chi connectivity index (χ4v) is 1.63. The molecule has 0 bridgehead atoms. The molecule has 0 aliphatic heterocycles. The second-order valence-corrected chi connectivity index (χ2v) is 3.54. The van der Waals surface area contributed by atoms with Crippen LogP contribution in [0.25, 0.3) is 0 Å². The second kappa shape index (κ2) is 2.95. The summed E-state index contributed by atoms with van der Waals surface area (Å²) >= 11 is 0. The molecule has 0 saturated carbocycles. The van der Waals surface area contributed by atoms with E-state index in [1.807, 2.05) is 6.92 Å². The highest BCUT2D eigenvalue weighted by molar-refractivity contribution is 5.21. The van der Waals surface area contributed by atoms with Gasteiger partial charge in [-0.15, -0.1) is 0 Å². The van der Waals surface area contributed by atoms with Crippen molar-refractivity contribution in [2.24, 2.45) is 28.9 Å². The molecule has 0 saturated heterocycles. The lowest BCUT2D eigenvalue weighted by Gasteiger charge is -2.30. The topological polar surface area (TPSA) is 104 Å². The first-order valence-corrected chi connectivity index (χ1v) is 4.30. The van der Waals surface area contributed by atoms with E-state index in [-0.39, 0.29) is 5.92 Å². The van der Waals surface area contributed by atoms with Gasteiger partial charge in [-0.2, -0.15) is 0 Å². The summed E-state index contributed by atoms with van der Waals surface area (Å²) in [6, 6.07) is 0. The van der Waals surface area contributed by atoms with E-state index < -0.39 is 5.66 Å². The molecule has 12 heavy (non-hydrogen) atoms. The SMILES string of the molecule is CCC(N)(N)C1CCC(N)=C1N. The van der Waals surface area contributed by atoms with Gasteiger partial charge in [0.15, 0.2) is 0 Å². The van der Waals surface area contributed by atoms with Crippen molar-refractivity contribution in [1.82, 2.24) is 0 Å². The fourth-order valence-electron chi connectivity index (χ4n) is 1.63. The molecule has 70 valence electrons. The Morgan fingerprint density at radius 1 is 1.42 bits per heavy atom. The Kier molecular flexibility index (Phi) is 2.30. The first-order valence-electron chi connectivity index (χ1n) is 4.30. The van der Waals surface area contributed by atoms with Crippen molar-refractivity contribution in [3.63, 3.8) is 0 Å². The van der Waals surface area contributed by atoms with E-state index in [0.29, 0.717) is 12.1 Å². The Hall–Kier alpha value is -0.740. The summed E-state index contributed by atoms with van der Waals surface area (Å²) in [7, 11) is 0. The first-order chi connectivity index (χ1) is 5.49. The highest BCUT2D eigenvalue weighted by atomic mass is 15.0. The third-order valence-corrected chi connectivity index (χ3v) is 2.71. The minimum absolute atomic E-state index is 0.0579. The third kappa shape index (κ3) is 1.40. The summed E-state index contributed by atoms with van der Waals surface area (Å²) in [6.45, 7) is 1.96. The average Bonchev–Trinajstić information content (AvgIpc) is 2.33. The average molecular weight is 170 g/mol. The van der Waals surface area contributed by atoms with Gasteiger partial charge < -0.3 is 22.9 Å². The molecule has 0 aromatic carbocycles. The van der Waals surface area contributed by atoms with Crippen molar-refractivity contribution < 1.29 is 0 Å². The van der Waals surface area contributed by atoms with Crippen molar-refractivity contribution in [3.8, 4) is 0 Å². The zero-order valence-corrected chi connectivity index (χ0v) is 7.51. The van der Waals surface area contributed by atoms with Crippen LogP contribution in [-0.2, 0) is 0 Å². The molecule has 0 heterocycles. The number of allylic oxidation sites excluding steroid dienone is 1. The van der Waals surface area contributed by atoms with E-state index >= 15 is 0 Å². The highest BCUT2D eigenvalue weighted by Gasteiger charge is 2.35. The van der Waals surface area contributed by atoms with Gasteiger partial charge in [0.1, 0.15) is 0 Å². The van der Waals surface area contributed by atoms with Crippen molar-refractivity contribution in [2.75, 3.05) is 0 Å². The lowest BCUT2D eigenvalue weighted by Crippen LogP contribution is -2.55. The molecule has 0 radical (unpaired) electrons. The summed E-state index contributed by atoms with van der Waals surface area (Å²) in [5.74, 6) is 0.0579. The monoisotopic (exact) mass is 170 g/mol. The van der Waals surface area contributed by atoms with Gasteiger partial charge in [0, 0.05) is 17.3 Å². The normalized spacial score (nSPS) is 25.1. The Morgan fingerprint density at radius 3 is 2.33 bits per heavy atom. The largest absolute Gasteiger partial charge is 0.401 e. The second-order valence-electron chi connectivity index (χ2n) is 3.54. The molecule has 1 rings (SSSR count). The van der Waals surface area contributed by atoms with Crippen LogP contribution >= 0.6 is 0 Å². The zero-order chi connectivity index (χ0) is 9.35. The van der Waals surface area contributed by atoms with E-state index in [9.17, 15) is 0 Å². The van der Waals surface area contributed by atoms with Gasteiger partial charge >= 0.3 is 0 Å². The fraction of sp³-hybridized carbons (Fsp3) is 0.750. The molecule has 1 aliphatic carbocycles. The molecule has 1 aliphatic rings. The van der Waals surface area contributed by atoms with Crippen LogP contribution in [0, 0.1) is 5.92 Å². The Morgan fingerprint density at radius 2 is 2.00 bits per heavy atom. The predicted molar refractivity (Wildman–Crippen MR) is 49.5 cm³/mol. The van der Waals surface area contributed by atoms with Crippen LogP contribution in [-0.4, -0.2) is 5.66 Å². The predicted octanol–water partition coefficient (Wildman–Crippen LogP) is -0.451. The van der Waals surface area contributed by atoms with E-state index in [1.54, 1.807) is 0 Å². The minimum atomic E-state index is -0.689. The van der Waals surface area contributed by atoms with Crippen LogP contribution in [0.5, 0.6) is 0 Å². The molecule has 1 atom stereocenters. The van der Waals surface area contributed by atoms with E-state index in [4.69, 9.17) is 22.9 Å². The van der Waals surface area contributed by atoms with Crippen LogP contribution in [0.15, 0.2) is 11.4 Å². The molecule has 4 heteroatoms. The van der Waals surface area contributed by atoms with Gasteiger partial charge in [0.25, 0.3) is 0 Å². The van der Waals surface area contributed by atoms with Crippen LogP contribution < -0.4 is 22.9 Å². The van der Waals surface area contributed by atoms with Crippen molar-refractivity contribution in [3.05, 3.63) is 11.4 Å². The van der Waals surface area contributed by atoms with Gasteiger partial charge in [-0.25, -0.2) is 0 Å². The smallest absolute Gasteiger partial charge is 0.0719 e. The quantitative estimate of drug-likeness (QED) is 0.421. The molecular weight excluding hydrogens is 152 g/mol. The molecule has 1 unspecified atom stereocenters. The first kappa shape index (κ1) is 9.35. The summed E-state index contributed by atoms with van der Waals surface area (Å²) in [5, 5.41) is 0. The van der Waals surface area contributed by atoms with E-state index in [1.165, 1.54) is 0 Å². The van der Waals surface area contributed by atoms with Gasteiger partial charge in [-0.05, 0) is 19.3 Å². The van der Waals surface area contributed by atoms with Crippen molar-refractivity contribution >= 4 is 0 Å². The van der Waals surface area contributed by atoms with E-state index in [2.05, 4.69) is 0 Å². The molecule has 0 aromatic rings. The van der Waals surface area contributed by atoms with Crippen molar-refractivity contribution in [1.29, 1.82) is 0 Å². The number of hydrogen-bond acceptors (Lipinski definition) is 4. The van der Waals surface area contributed by atoms with Gasteiger partial charge in [0.2, 0.25) is 0 Å². The van der Waals surface area contributed by atoms with Gasteiger partial charge in [0.05, 0.1) is 5.66 Å². The lowest BCUT2D eigenvalue weighted by molar-refractivity contribution is 0.302.